The van der Waals surface area contributed by atoms with Crippen LogP contribution in [0.5, 0.6) is 0 Å². The van der Waals surface area contributed by atoms with Gasteiger partial charge in [-0.05, 0) is 56.5 Å². The van der Waals surface area contributed by atoms with Gasteiger partial charge < -0.3 is 5.32 Å². The highest BCUT2D eigenvalue weighted by molar-refractivity contribution is 5.78. The lowest BCUT2D eigenvalue weighted by molar-refractivity contribution is -0.123. The molecule has 8 heteroatoms. The van der Waals surface area contributed by atoms with Gasteiger partial charge in [-0.2, -0.15) is 5.10 Å². The molecule has 0 aliphatic heterocycles. The lowest BCUT2D eigenvalue weighted by Crippen LogP contribution is -2.42. The van der Waals surface area contributed by atoms with Gasteiger partial charge in [0.2, 0.25) is 5.91 Å². The van der Waals surface area contributed by atoms with Gasteiger partial charge in [0.05, 0.1) is 24.5 Å². The molecule has 1 amide bonds. The second-order valence-electron chi connectivity index (χ2n) is 7.90. The van der Waals surface area contributed by atoms with Crippen LogP contribution >= 0.6 is 0 Å². The van der Waals surface area contributed by atoms with Crippen molar-refractivity contribution in [2.24, 2.45) is 0 Å². The molecule has 3 aromatic rings. The van der Waals surface area contributed by atoms with Gasteiger partial charge in [0, 0.05) is 42.9 Å². The molecule has 1 fully saturated rings. The van der Waals surface area contributed by atoms with Gasteiger partial charge in [0.15, 0.2) is 0 Å². The minimum Gasteiger partial charge on any atom is -0.352 e. The van der Waals surface area contributed by atoms with Crippen molar-refractivity contribution >= 4 is 5.91 Å². The first kappa shape index (κ1) is 20.2. The topological polar surface area (TPSA) is 88.8 Å². The van der Waals surface area contributed by atoms with E-state index in [1.54, 1.807) is 24.9 Å². The number of nitrogens with one attached hydrogen (secondary N) is 1. The molecule has 3 aromatic heterocycles. The Morgan fingerprint density at radius 1 is 1.13 bits per heavy atom. The Labute approximate surface area is 176 Å². The van der Waals surface area contributed by atoms with E-state index in [4.69, 9.17) is 0 Å². The molecule has 1 N–H and O–H groups in total. The molecule has 0 atom stereocenters. The summed E-state index contributed by atoms with van der Waals surface area (Å²) in [4.78, 5) is 26.7. The number of amides is 1. The summed E-state index contributed by atoms with van der Waals surface area (Å²) in [6.45, 7) is 1.13. The minimum absolute atomic E-state index is 0.0835. The predicted octanol–water partition coefficient (Wildman–Crippen LogP) is 2.47. The van der Waals surface area contributed by atoms with E-state index in [9.17, 15) is 4.79 Å². The number of carbonyl (C=O) groups excluding carboxylic acids is 1. The second kappa shape index (κ2) is 9.58. The van der Waals surface area contributed by atoms with Gasteiger partial charge in [0.1, 0.15) is 6.33 Å². The van der Waals surface area contributed by atoms with Gasteiger partial charge in [-0.3, -0.25) is 19.4 Å². The van der Waals surface area contributed by atoms with Crippen molar-refractivity contribution in [3.8, 4) is 11.3 Å². The molecule has 4 rings (SSSR count). The van der Waals surface area contributed by atoms with Crippen molar-refractivity contribution < 1.29 is 4.79 Å². The van der Waals surface area contributed by atoms with Gasteiger partial charge in [-0.25, -0.2) is 9.97 Å². The molecule has 0 spiro atoms. The highest BCUT2D eigenvalue weighted by Gasteiger charge is 2.24. The number of rotatable bonds is 7. The Kier molecular flexibility index (Phi) is 6.44. The molecular weight excluding hydrogens is 378 g/mol. The first-order valence-corrected chi connectivity index (χ1v) is 10.3. The largest absolute Gasteiger partial charge is 0.352 e. The highest BCUT2D eigenvalue weighted by atomic mass is 16.2. The number of pyridine rings is 1. The minimum atomic E-state index is 0.0835. The molecule has 30 heavy (non-hydrogen) atoms. The van der Waals surface area contributed by atoms with Crippen LogP contribution in [0.25, 0.3) is 11.3 Å². The van der Waals surface area contributed by atoms with Gasteiger partial charge in [-0.15, -0.1) is 0 Å². The van der Waals surface area contributed by atoms with Crippen LogP contribution < -0.4 is 5.32 Å². The Hall–Kier alpha value is -3.13. The van der Waals surface area contributed by atoms with Crippen LogP contribution in [0.15, 0.2) is 55.5 Å². The van der Waals surface area contributed by atoms with Crippen molar-refractivity contribution in [1.82, 2.24) is 34.9 Å². The van der Waals surface area contributed by atoms with Gasteiger partial charge in [-0.1, -0.05) is 0 Å². The van der Waals surface area contributed by atoms with Gasteiger partial charge in [0.25, 0.3) is 0 Å². The Bertz CT molecular complexity index is 936. The first-order chi connectivity index (χ1) is 14.7. The van der Waals surface area contributed by atoms with E-state index in [1.165, 1.54) is 0 Å². The molecule has 1 aliphatic carbocycles. The summed E-state index contributed by atoms with van der Waals surface area (Å²) in [5, 5.41) is 7.74. The number of hydrogen-bond acceptors (Lipinski definition) is 6. The SMILES string of the molecule is CN(CC(=O)NC1CCC(n2cc(-c3ccncn3)cn2)CC1)Cc1ccncc1. The van der Waals surface area contributed by atoms with Crippen molar-refractivity contribution in [2.45, 2.75) is 44.3 Å². The van der Waals surface area contributed by atoms with E-state index in [2.05, 4.69) is 31.6 Å². The van der Waals surface area contributed by atoms with E-state index in [-0.39, 0.29) is 11.9 Å². The zero-order valence-electron chi connectivity index (χ0n) is 17.2. The zero-order valence-corrected chi connectivity index (χ0v) is 17.2. The molecule has 0 radical (unpaired) electrons. The highest BCUT2D eigenvalue weighted by Crippen LogP contribution is 2.29. The average Bonchev–Trinajstić information content (AvgIpc) is 3.26. The molecule has 0 bridgehead atoms. The molecule has 0 unspecified atom stereocenters. The number of likely N-dealkylation sites (N-methyl/N-ethyl adjacent to an activating group) is 1. The Morgan fingerprint density at radius 2 is 1.90 bits per heavy atom. The third-order valence-corrected chi connectivity index (χ3v) is 5.53. The van der Waals surface area contributed by atoms with Crippen molar-refractivity contribution in [1.29, 1.82) is 0 Å². The Balaban J connectivity index is 1.23. The maximum Gasteiger partial charge on any atom is 0.234 e. The molecule has 0 aromatic carbocycles. The molecule has 1 aliphatic rings. The van der Waals surface area contributed by atoms with E-state index in [0.29, 0.717) is 12.6 Å². The zero-order chi connectivity index (χ0) is 20.8. The number of nitrogens with zero attached hydrogens (tertiary/aromatic N) is 6. The lowest BCUT2D eigenvalue weighted by atomic mass is 9.91. The fraction of sp³-hybridized carbons (Fsp3) is 0.409. The lowest BCUT2D eigenvalue weighted by Gasteiger charge is -2.29. The summed E-state index contributed by atoms with van der Waals surface area (Å²) >= 11 is 0. The number of aromatic nitrogens is 5. The predicted molar refractivity (Wildman–Crippen MR) is 113 cm³/mol. The fourth-order valence-electron chi connectivity index (χ4n) is 3.99. The summed E-state index contributed by atoms with van der Waals surface area (Å²) in [7, 11) is 1.96. The number of hydrogen-bond donors (Lipinski definition) is 1. The van der Waals surface area contributed by atoms with E-state index in [0.717, 1.165) is 49.0 Å². The maximum atomic E-state index is 12.4. The third kappa shape index (κ3) is 5.27. The summed E-state index contributed by atoms with van der Waals surface area (Å²) < 4.78 is 2.04. The van der Waals surface area contributed by atoms with E-state index >= 15 is 0 Å². The molecule has 8 nitrogen and oxygen atoms in total. The third-order valence-electron chi connectivity index (χ3n) is 5.53. The van der Waals surface area contributed by atoms with Crippen LogP contribution in [0.2, 0.25) is 0 Å². The second-order valence-corrected chi connectivity index (χ2v) is 7.90. The van der Waals surface area contributed by atoms with Crippen LogP contribution in [0.3, 0.4) is 0 Å². The van der Waals surface area contributed by atoms with E-state index in [1.807, 2.05) is 41.0 Å². The fourth-order valence-corrected chi connectivity index (χ4v) is 3.99. The van der Waals surface area contributed by atoms with Crippen LogP contribution in [0.1, 0.15) is 37.3 Å². The van der Waals surface area contributed by atoms with Crippen molar-refractivity contribution in [3.05, 3.63) is 61.1 Å². The number of carbonyl (C=O) groups is 1. The molecule has 1 saturated carbocycles. The molecular formula is C22H27N7O. The normalized spacial score (nSPS) is 19.0. The summed E-state index contributed by atoms with van der Waals surface area (Å²) in [6, 6.07) is 6.44. The van der Waals surface area contributed by atoms with Gasteiger partial charge >= 0.3 is 0 Å². The standard InChI is InChI=1S/C22H27N7O/c1-28(13-17-6-9-23-10-7-17)15-22(30)27-19-2-4-20(5-3-19)29-14-18(12-26-29)21-8-11-24-16-25-21/h6-12,14,16,19-20H,2-5,13,15H2,1H3,(H,27,30). The van der Waals surface area contributed by atoms with Crippen LogP contribution in [-0.4, -0.2) is 55.2 Å². The van der Waals surface area contributed by atoms with Crippen LogP contribution in [-0.2, 0) is 11.3 Å². The van der Waals surface area contributed by atoms with Crippen molar-refractivity contribution in [3.63, 3.8) is 0 Å². The van der Waals surface area contributed by atoms with Crippen molar-refractivity contribution in [2.75, 3.05) is 13.6 Å². The Morgan fingerprint density at radius 3 is 2.63 bits per heavy atom. The summed E-state index contributed by atoms with van der Waals surface area (Å²) in [5.41, 5.74) is 3.04. The maximum absolute atomic E-state index is 12.4. The summed E-state index contributed by atoms with van der Waals surface area (Å²) in [5.74, 6) is 0.0835. The summed E-state index contributed by atoms with van der Waals surface area (Å²) in [6.07, 6.45) is 14.7. The first-order valence-electron chi connectivity index (χ1n) is 10.3. The molecule has 0 saturated heterocycles. The van der Waals surface area contributed by atoms with E-state index < -0.39 is 0 Å². The molecule has 3 heterocycles. The quantitative estimate of drug-likeness (QED) is 0.650. The monoisotopic (exact) mass is 405 g/mol. The smallest absolute Gasteiger partial charge is 0.234 e. The van der Waals surface area contributed by atoms with Crippen LogP contribution in [0.4, 0.5) is 0 Å². The average molecular weight is 406 g/mol. The van der Waals surface area contributed by atoms with Crippen LogP contribution in [0, 0.1) is 0 Å². The molecule has 156 valence electrons.